The van der Waals surface area contributed by atoms with E-state index in [1.54, 1.807) is 12.3 Å². The van der Waals surface area contributed by atoms with E-state index >= 15 is 0 Å². The summed E-state index contributed by atoms with van der Waals surface area (Å²) in [5, 5.41) is 4.05. The van der Waals surface area contributed by atoms with Crippen LogP contribution >= 0.6 is 0 Å². The number of ether oxygens (including phenoxy) is 1. The fraction of sp³-hybridized carbons (Fsp3) is 0.545. The van der Waals surface area contributed by atoms with Crippen molar-refractivity contribution in [3.8, 4) is 0 Å². The topological polar surface area (TPSA) is 64.4 Å². The van der Waals surface area contributed by atoms with E-state index in [-0.39, 0.29) is 5.56 Å². The molecule has 0 amide bonds. The quantitative estimate of drug-likeness (QED) is 0.671. The second-order valence-electron chi connectivity index (χ2n) is 3.83. The van der Waals surface area contributed by atoms with Gasteiger partial charge in [-0.05, 0) is 0 Å². The molecule has 1 fully saturated rings. The van der Waals surface area contributed by atoms with Crippen molar-refractivity contribution >= 4 is 12.0 Å². The van der Waals surface area contributed by atoms with Crippen LogP contribution in [-0.4, -0.2) is 42.4 Å². The van der Waals surface area contributed by atoms with Crippen molar-refractivity contribution in [2.45, 2.75) is 13.0 Å². The number of nitrogens with zero attached hydrogens (tertiary/aromatic N) is 3. The summed E-state index contributed by atoms with van der Waals surface area (Å²) >= 11 is 0. The molecule has 0 unspecified atom stereocenters. The minimum Gasteiger partial charge on any atom is -0.378 e. The van der Waals surface area contributed by atoms with Gasteiger partial charge >= 0.3 is 0 Å². The van der Waals surface area contributed by atoms with Gasteiger partial charge in [0.05, 0.1) is 31.6 Å². The number of carbonyl (C=O) groups excluding carboxylic acids is 1. The SMILES string of the molecule is O=CCCn1ncc(N2CCOCC2)cc1=O. The molecular weight excluding hydrogens is 222 g/mol. The third-order valence-electron chi connectivity index (χ3n) is 2.69. The third-order valence-corrected chi connectivity index (χ3v) is 2.69. The van der Waals surface area contributed by atoms with Gasteiger partial charge in [0.15, 0.2) is 0 Å². The summed E-state index contributed by atoms with van der Waals surface area (Å²) in [6, 6.07) is 1.56. The minimum atomic E-state index is -0.171. The lowest BCUT2D eigenvalue weighted by atomic mass is 10.3. The molecule has 0 N–H and O–H groups in total. The molecule has 2 heterocycles. The van der Waals surface area contributed by atoms with Gasteiger partial charge in [-0.15, -0.1) is 0 Å². The Morgan fingerprint density at radius 3 is 2.82 bits per heavy atom. The first-order chi connectivity index (χ1) is 8.31. The van der Waals surface area contributed by atoms with Crippen LogP contribution in [0.5, 0.6) is 0 Å². The van der Waals surface area contributed by atoms with Crippen LogP contribution in [0.25, 0.3) is 0 Å². The smallest absolute Gasteiger partial charge is 0.268 e. The Labute approximate surface area is 98.8 Å². The van der Waals surface area contributed by atoms with Crippen LogP contribution in [0.15, 0.2) is 17.1 Å². The lowest BCUT2D eigenvalue weighted by Gasteiger charge is -2.28. The Morgan fingerprint density at radius 1 is 1.41 bits per heavy atom. The minimum absolute atomic E-state index is 0.171. The van der Waals surface area contributed by atoms with Gasteiger partial charge in [-0.2, -0.15) is 5.10 Å². The lowest BCUT2D eigenvalue weighted by Crippen LogP contribution is -2.37. The molecule has 1 aromatic rings. The standard InChI is InChI=1S/C11H15N3O3/c15-5-1-2-14-11(16)8-10(9-12-14)13-3-6-17-7-4-13/h5,8-9H,1-4,6-7H2. The number of aldehydes is 1. The van der Waals surface area contributed by atoms with E-state index in [0.717, 1.165) is 25.1 Å². The summed E-state index contributed by atoms with van der Waals surface area (Å²) in [6.45, 7) is 3.24. The number of aryl methyl sites for hydroxylation is 1. The molecular formula is C11H15N3O3. The number of rotatable bonds is 4. The fourth-order valence-corrected chi connectivity index (χ4v) is 1.76. The molecule has 0 aliphatic carbocycles. The largest absolute Gasteiger partial charge is 0.378 e. The fourth-order valence-electron chi connectivity index (χ4n) is 1.76. The molecule has 1 aromatic heterocycles. The van der Waals surface area contributed by atoms with Gasteiger partial charge in [0.25, 0.3) is 5.56 Å². The summed E-state index contributed by atoms with van der Waals surface area (Å²) < 4.78 is 6.55. The maximum atomic E-state index is 11.7. The molecule has 6 nitrogen and oxygen atoms in total. The van der Waals surface area contributed by atoms with Crippen molar-refractivity contribution in [1.29, 1.82) is 0 Å². The predicted molar refractivity (Wildman–Crippen MR) is 62.2 cm³/mol. The van der Waals surface area contributed by atoms with Gasteiger partial charge in [0.1, 0.15) is 6.29 Å². The molecule has 6 heteroatoms. The highest BCUT2D eigenvalue weighted by molar-refractivity contribution is 5.49. The Kier molecular flexibility index (Phi) is 3.87. The summed E-state index contributed by atoms with van der Waals surface area (Å²) in [5.41, 5.74) is 0.650. The van der Waals surface area contributed by atoms with Gasteiger partial charge in [0, 0.05) is 25.6 Å². The summed E-state index contributed by atoms with van der Waals surface area (Å²) in [4.78, 5) is 24.0. The average molecular weight is 237 g/mol. The number of aromatic nitrogens is 2. The first-order valence-electron chi connectivity index (χ1n) is 5.65. The molecule has 2 rings (SSSR count). The number of morpholine rings is 1. The average Bonchev–Trinajstić information content (AvgIpc) is 2.38. The molecule has 0 spiro atoms. The summed E-state index contributed by atoms with van der Waals surface area (Å²) in [7, 11) is 0. The van der Waals surface area contributed by atoms with Crippen LogP contribution in [-0.2, 0) is 16.1 Å². The molecule has 0 saturated carbocycles. The molecule has 0 atom stereocenters. The van der Waals surface area contributed by atoms with E-state index in [9.17, 15) is 9.59 Å². The van der Waals surface area contributed by atoms with E-state index in [1.807, 2.05) is 0 Å². The highest BCUT2D eigenvalue weighted by atomic mass is 16.5. The van der Waals surface area contributed by atoms with E-state index in [2.05, 4.69) is 10.00 Å². The van der Waals surface area contributed by atoms with Gasteiger partial charge in [0.2, 0.25) is 0 Å². The molecule has 0 bridgehead atoms. The highest BCUT2D eigenvalue weighted by Crippen LogP contribution is 2.11. The predicted octanol–water partition coefficient (Wildman–Crippen LogP) is -0.331. The zero-order valence-corrected chi connectivity index (χ0v) is 9.54. The monoisotopic (exact) mass is 237 g/mol. The summed E-state index contributed by atoms with van der Waals surface area (Å²) in [5.74, 6) is 0. The van der Waals surface area contributed by atoms with Crippen LogP contribution in [0.2, 0.25) is 0 Å². The van der Waals surface area contributed by atoms with Crippen LogP contribution < -0.4 is 10.5 Å². The lowest BCUT2D eigenvalue weighted by molar-refractivity contribution is -0.108. The number of hydrogen-bond donors (Lipinski definition) is 0. The van der Waals surface area contributed by atoms with Crippen molar-refractivity contribution in [1.82, 2.24) is 9.78 Å². The van der Waals surface area contributed by atoms with Gasteiger partial charge in [-0.3, -0.25) is 4.79 Å². The van der Waals surface area contributed by atoms with Gasteiger partial charge in [-0.25, -0.2) is 4.68 Å². The molecule has 0 radical (unpaired) electrons. The van der Waals surface area contributed by atoms with Crippen LogP contribution in [0.1, 0.15) is 6.42 Å². The summed E-state index contributed by atoms with van der Waals surface area (Å²) in [6.07, 6.45) is 2.76. The van der Waals surface area contributed by atoms with E-state index in [4.69, 9.17) is 4.74 Å². The first-order valence-corrected chi connectivity index (χ1v) is 5.65. The van der Waals surface area contributed by atoms with Crippen molar-refractivity contribution in [3.63, 3.8) is 0 Å². The Bertz CT molecular complexity index is 438. The molecule has 1 aliphatic heterocycles. The normalized spacial score (nSPS) is 15.9. The molecule has 0 aromatic carbocycles. The molecule has 1 aliphatic rings. The number of hydrogen-bond acceptors (Lipinski definition) is 5. The Hall–Kier alpha value is -1.69. The number of anilines is 1. The van der Waals surface area contributed by atoms with Crippen molar-refractivity contribution in [2.75, 3.05) is 31.2 Å². The maximum Gasteiger partial charge on any atom is 0.268 e. The molecule has 92 valence electrons. The third kappa shape index (κ3) is 2.91. The second kappa shape index (κ2) is 5.58. The van der Waals surface area contributed by atoms with Crippen molar-refractivity contribution in [3.05, 3.63) is 22.6 Å². The first kappa shape index (κ1) is 11.8. The molecule has 1 saturated heterocycles. The Morgan fingerprint density at radius 2 is 2.18 bits per heavy atom. The van der Waals surface area contributed by atoms with Crippen LogP contribution in [0.3, 0.4) is 0 Å². The second-order valence-corrected chi connectivity index (χ2v) is 3.83. The van der Waals surface area contributed by atoms with Crippen LogP contribution in [0.4, 0.5) is 5.69 Å². The van der Waals surface area contributed by atoms with Gasteiger partial charge in [-0.1, -0.05) is 0 Å². The highest BCUT2D eigenvalue weighted by Gasteiger charge is 2.12. The van der Waals surface area contributed by atoms with Crippen molar-refractivity contribution < 1.29 is 9.53 Å². The zero-order chi connectivity index (χ0) is 12.1. The maximum absolute atomic E-state index is 11.7. The van der Waals surface area contributed by atoms with E-state index < -0.39 is 0 Å². The van der Waals surface area contributed by atoms with Crippen molar-refractivity contribution in [2.24, 2.45) is 0 Å². The molecule has 17 heavy (non-hydrogen) atoms. The van der Waals surface area contributed by atoms with E-state index in [1.165, 1.54) is 4.68 Å². The van der Waals surface area contributed by atoms with Crippen LogP contribution in [0, 0.1) is 0 Å². The zero-order valence-electron chi connectivity index (χ0n) is 9.54. The van der Waals surface area contributed by atoms with Gasteiger partial charge < -0.3 is 14.4 Å². The Balaban J connectivity index is 2.12. The number of carbonyl (C=O) groups is 1. The van der Waals surface area contributed by atoms with E-state index in [0.29, 0.717) is 26.2 Å².